The molecule has 0 aliphatic heterocycles. The van der Waals surface area contributed by atoms with E-state index in [-0.39, 0.29) is 7.43 Å². The molecule has 16 heavy (non-hydrogen) atoms. The zero-order valence-electron chi connectivity index (χ0n) is 10.9. The smallest absolute Gasteiger partial charge is 0.0675 e. The van der Waals surface area contributed by atoms with Gasteiger partial charge in [-0.15, -0.1) is 0 Å². The van der Waals surface area contributed by atoms with E-state index in [1.54, 1.807) is 0 Å². The molecule has 0 aromatic heterocycles. The van der Waals surface area contributed by atoms with Crippen LogP contribution in [0, 0.1) is 0 Å². The van der Waals surface area contributed by atoms with Gasteiger partial charge in [-0.2, -0.15) is 0 Å². The maximum absolute atomic E-state index is 8.52. The third-order valence-corrected chi connectivity index (χ3v) is 0. The second kappa shape index (κ2) is 8.89. The van der Waals surface area contributed by atoms with Crippen molar-refractivity contribution in [2.45, 2.75) is 7.43 Å². The summed E-state index contributed by atoms with van der Waals surface area (Å²) >= 11 is 0. The van der Waals surface area contributed by atoms with E-state index in [0.717, 1.165) is 8.97 Å². The summed E-state index contributed by atoms with van der Waals surface area (Å²) in [5.74, 6) is 0. The normalized spacial score (nSPS) is 11.1. The van der Waals surface area contributed by atoms with Gasteiger partial charge in [-0.3, -0.25) is 8.42 Å². The minimum Gasteiger partial charge on any atom is -0.759 e. The highest BCUT2D eigenvalue weighted by Gasteiger charge is 1.88. The van der Waals surface area contributed by atoms with Crippen LogP contribution in [0.4, 0.5) is 0 Å². The molecular weight excluding hydrogens is 232 g/mol. The van der Waals surface area contributed by atoms with E-state index in [1.807, 2.05) is 0 Å². The van der Waals surface area contributed by atoms with Crippen molar-refractivity contribution in [3.8, 4) is 0 Å². The third kappa shape index (κ3) is 51200. The summed E-state index contributed by atoms with van der Waals surface area (Å²) in [6.45, 7) is 0. The molecular formula is C9H28N2O4S. The van der Waals surface area contributed by atoms with E-state index in [2.05, 4.69) is 56.4 Å². The van der Waals surface area contributed by atoms with Crippen molar-refractivity contribution in [2.75, 3.05) is 56.4 Å². The molecule has 0 radical (unpaired) electrons. The molecule has 7 heteroatoms. The molecule has 6 nitrogen and oxygen atoms in total. The Bertz CT molecular complexity index is 205. The Morgan fingerprint density at radius 2 is 0.688 bits per heavy atom. The first kappa shape index (κ1) is 24.8. The molecule has 104 valence electrons. The SMILES string of the molecule is C.C[N+](C)(C)C.C[N+](C)(C)C.O=S(=O)([O-])[O-]. The number of rotatable bonds is 0. The van der Waals surface area contributed by atoms with Crippen LogP contribution in [0.5, 0.6) is 0 Å². The van der Waals surface area contributed by atoms with Gasteiger partial charge in [0.2, 0.25) is 0 Å². The maximum Gasteiger partial charge on any atom is 0.0675 e. The summed E-state index contributed by atoms with van der Waals surface area (Å²) < 4.78 is 36.1. The van der Waals surface area contributed by atoms with Gasteiger partial charge in [-0.1, -0.05) is 7.43 Å². The molecule has 0 spiro atoms. The average Bonchev–Trinajstić information content (AvgIpc) is 1.41. The lowest BCUT2D eigenvalue weighted by molar-refractivity contribution is -0.849. The molecule has 0 atom stereocenters. The quantitative estimate of drug-likeness (QED) is 0.347. The molecule has 0 aromatic rings. The molecule has 0 rings (SSSR count). The van der Waals surface area contributed by atoms with Gasteiger partial charge >= 0.3 is 0 Å². The van der Waals surface area contributed by atoms with Crippen molar-refractivity contribution in [3.63, 3.8) is 0 Å². The van der Waals surface area contributed by atoms with Crippen LogP contribution < -0.4 is 0 Å². The van der Waals surface area contributed by atoms with Crippen LogP contribution in [-0.2, 0) is 10.4 Å². The number of hydrogen-bond acceptors (Lipinski definition) is 4. The van der Waals surface area contributed by atoms with E-state index in [9.17, 15) is 0 Å². The first-order valence-electron chi connectivity index (χ1n) is 4.24. The van der Waals surface area contributed by atoms with Crippen molar-refractivity contribution in [1.82, 2.24) is 0 Å². The highest BCUT2D eigenvalue weighted by molar-refractivity contribution is 7.79. The van der Waals surface area contributed by atoms with E-state index < -0.39 is 10.4 Å². The van der Waals surface area contributed by atoms with Crippen LogP contribution >= 0.6 is 0 Å². The number of nitrogens with zero attached hydrogens (tertiary/aromatic N) is 2. The minimum absolute atomic E-state index is 0. The van der Waals surface area contributed by atoms with Crippen molar-refractivity contribution in [1.29, 1.82) is 0 Å². The van der Waals surface area contributed by atoms with Crippen LogP contribution in [0.3, 0.4) is 0 Å². The fraction of sp³-hybridized carbons (Fsp3) is 1.00. The molecule has 0 bridgehead atoms. The lowest BCUT2D eigenvalue weighted by Crippen LogP contribution is -2.27. The second-order valence-electron chi connectivity index (χ2n) is 5.77. The Balaban J connectivity index is -0.0000000655. The van der Waals surface area contributed by atoms with E-state index in [1.165, 1.54) is 0 Å². The standard InChI is InChI=1S/2C4H12N.CH4.H2O4S/c2*1-5(2,3)4;;1-5(2,3)4/h2*1-4H3;1H4;(H2,1,2,3,4)/q2*+1;;/p-2. The minimum atomic E-state index is -5.17. The predicted octanol–water partition coefficient (Wildman–Crippen LogP) is -0.0571. The summed E-state index contributed by atoms with van der Waals surface area (Å²) in [7, 11) is 11.8. The number of hydrogen-bond donors (Lipinski definition) is 0. The van der Waals surface area contributed by atoms with E-state index in [0.29, 0.717) is 0 Å². The van der Waals surface area contributed by atoms with Crippen LogP contribution in [0.15, 0.2) is 0 Å². The first-order valence-corrected chi connectivity index (χ1v) is 5.58. The van der Waals surface area contributed by atoms with Crippen molar-refractivity contribution < 1.29 is 26.5 Å². The molecule has 0 heterocycles. The molecule has 0 aliphatic carbocycles. The second-order valence-corrected chi connectivity index (χ2v) is 6.59. The molecule has 0 fully saturated rings. The Morgan fingerprint density at radius 3 is 0.688 bits per heavy atom. The van der Waals surface area contributed by atoms with Gasteiger partial charge in [0.25, 0.3) is 0 Å². The summed E-state index contributed by atoms with van der Waals surface area (Å²) in [5.41, 5.74) is 0. The van der Waals surface area contributed by atoms with E-state index >= 15 is 0 Å². The lowest BCUT2D eigenvalue weighted by atomic mass is 10.8. The van der Waals surface area contributed by atoms with Gasteiger partial charge in [0, 0.05) is 10.4 Å². The molecule has 0 aliphatic rings. The summed E-state index contributed by atoms with van der Waals surface area (Å²) in [4.78, 5) is 0. The first-order chi connectivity index (χ1) is 6.00. The van der Waals surface area contributed by atoms with Gasteiger partial charge in [0.15, 0.2) is 0 Å². The highest BCUT2D eigenvalue weighted by atomic mass is 32.3. The molecule has 0 N–H and O–H groups in total. The zero-order chi connectivity index (χ0) is 13.5. The molecule has 0 unspecified atom stereocenters. The Kier molecular flexibility index (Phi) is 13.8. The highest BCUT2D eigenvalue weighted by Crippen LogP contribution is 1.74. The monoisotopic (exact) mass is 260 g/mol. The summed E-state index contributed by atoms with van der Waals surface area (Å²) in [6, 6.07) is 0. The summed E-state index contributed by atoms with van der Waals surface area (Å²) in [5, 5.41) is 0. The van der Waals surface area contributed by atoms with Crippen molar-refractivity contribution in [3.05, 3.63) is 0 Å². The Morgan fingerprint density at radius 1 is 0.688 bits per heavy atom. The summed E-state index contributed by atoms with van der Waals surface area (Å²) in [6.07, 6.45) is 0. The topological polar surface area (TPSA) is 80.3 Å². The fourth-order valence-corrected chi connectivity index (χ4v) is 0. The molecule has 0 aromatic carbocycles. The molecule has 0 saturated carbocycles. The zero-order valence-corrected chi connectivity index (χ0v) is 11.8. The average molecular weight is 260 g/mol. The molecule has 0 saturated heterocycles. The number of quaternary nitrogens is 2. The lowest BCUT2D eigenvalue weighted by Gasteiger charge is -2.14. The van der Waals surface area contributed by atoms with Crippen LogP contribution in [0.2, 0.25) is 0 Å². The van der Waals surface area contributed by atoms with Crippen LogP contribution in [0.1, 0.15) is 7.43 Å². The van der Waals surface area contributed by atoms with Crippen molar-refractivity contribution >= 4 is 10.4 Å². The maximum atomic E-state index is 8.52. The molecule has 0 amide bonds. The predicted molar refractivity (Wildman–Crippen MR) is 65.1 cm³/mol. The Labute approximate surface area is 101 Å². The van der Waals surface area contributed by atoms with Crippen LogP contribution in [0.25, 0.3) is 0 Å². The largest absolute Gasteiger partial charge is 0.759 e. The fourth-order valence-electron chi connectivity index (χ4n) is 0. The van der Waals surface area contributed by atoms with Gasteiger partial charge in [0.05, 0.1) is 56.4 Å². The van der Waals surface area contributed by atoms with Gasteiger partial charge in [-0.25, -0.2) is 0 Å². The van der Waals surface area contributed by atoms with E-state index in [4.69, 9.17) is 17.5 Å². The van der Waals surface area contributed by atoms with Gasteiger partial charge < -0.3 is 18.1 Å². The Hall–Kier alpha value is -0.210. The van der Waals surface area contributed by atoms with Crippen LogP contribution in [-0.4, -0.2) is 82.9 Å². The third-order valence-electron chi connectivity index (χ3n) is 0. The van der Waals surface area contributed by atoms with Crippen molar-refractivity contribution in [2.24, 2.45) is 0 Å². The van der Waals surface area contributed by atoms with Gasteiger partial charge in [0.1, 0.15) is 0 Å². The van der Waals surface area contributed by atoms with Gasteiger partial charge in [-0.05, 0) is 0 Å².